The Hall–Kier alpha value is -2.84. The summed E-state index contributed by atoms with van der Waals surface area (Å²) < 4.78 is 0. The molecule has 0 aliphatic carbocycles. The predicted octanol–water partition coefficient (Wildman–Crippen LogP) is 2.88. The fraction of sp³-hybridized carbons (Fsp3) is 0.167. The van der Waals surface area contributed by atoms with E-state index in [1.54, 1.807) is 30.3 Å². The van der Waals surface area contributed by atoms with Gasteiger partial charge in [-0.05, 0) is 35.9 Å². The van der Waals surface area contributed by atoms with Gasteiger partial charge in [-0.15, -0.1) is 0 Å². The summed E-state index contributed by atoms with van der Waals surface area (Å²) in [4.78, 5) is 25.3. The maximum atomic E-state index is 12.1. The quantitative estimate of drug-likeness (QED) is 0.908. The molecule has 0 heterocycles. The molecule has 0 aliphatic heterocycles. The van der Waals surface area contributed by atoms with Gasteiger partial charge in [0.2, 0.25) is 11.8 Å². The lowest BCUT2D eigenvalue weighted by molar-refractivity contribution is -0.123. The number of benzene rings is 2. The van der Waals surface area contributed by atoms with Crippen molar-refractivity contribution in [2.45, 2.75) is 13.5 Å². The zero-order valence-electron chi connectivity index (χ0n) is 13.1. The molecule has 2 amide bonds. The molecule has 0 aromatic heterocycles. The van der Waals surface area contributed by atoms with Crippen LogP contribution in [0.4, 0.5) is 5.69 Å². The van der Waals surface area contributed by atoms with Crippen molar-refractivity contribution in [1.29, 1.82) is 5.26 Å². The SMILES string of the molecule is CC(=O)N(CC(=O)NCc1ccccc1Cl)c1ccc(C#N)cc1. The first-order valence-corrected chi connectivity index (χ1v) is 7.67. The summed E-state index contributed by atoms with van der Waals surface area (Å²) >= 11 is 6.05. The number of halogens is 1. The van der Waals surface area contributed by atoms with Crippen LogP contribution in [0.15, 0.2) is 48.5 Å². The highest BCUT2D eigenvalue weighted by Crippen LogP contribution is 2.16. The van der Waals surface area contributed by atoms with Crippen LogP contribution in [-0.4, -0.2) is 18.4 Å². The predicted molar refractivity (Wildman–Crippen MR) is 92.5 cm³/mol. The summed E-state index contributed by atoms with van der Waals surface area (Å²) in [6.07, 6.45) is 0. The van der Waals surface area contributed by atoms with E-state index in [0.717, 1.165) is 5.56 Å². The molecule has 0 unspecified atom stereocenters. The van der Waals surface area contributed by atoms with Gasteiger partial charge >= 0.3 is 0 Å². The Kier molecular flexibility index (Phi) is 5.94. The summed E-state index contributed by atoms with van der Waals surface area (Å²) in [6.45, 7) is 1.57. The van der Waals surface area contributed by atoms with Crippen LogP contribution in [0.1, 0.15) is 18.1 Å². The van der Waals surface area contributed by atoms with Crippen molar-refractivity contribution in [3.63, 3.8) is 0 Å². The van der Waals surface area contributed by atoms with Gasteiger partial charge in [0.15, 0.2) is 0 Å². The molecule has 0 saturated heterocycles. The second kappa shape index (κ2) is 8.14. The maximum absolute atomic E-state index is 12.1. The number of nitriles is 1. The van der Waals surface area contributed by atoms with Gasteiger partial charge in [-0.1, -0.05) is 29.8 Å². The molecule has 6 heteroatoms. The number of carbonyl (C=O) groups is 2. The van der Waals surface area contributed by atoms with E-state index in [-0.39, 0.29) is 24.9 Å². The minimum absolute atomic E-state index is 0.105. The van der Waals surface area contributed by atoms with Crippen molar-refractivity contribution in [2.75, 3.05) is 11.4 Å². The summed E-state index contributed by atoms with van der Waals surface area (Å²) in [7, 11) is 0. The van der Waals surface area contributed by atoms with Crippen LogP contribution in [-0.2, 0) is 16.1 Å². The summed E-state index contributed by atoms with van der Waals surface area (Å²) in [5.41, 5.74) is 1.86. The maximum Gasteiger partial charge on any atom is 0.240 e. The van der Waals surface area contributed by atoms with Gasteiger partial charge in [0.1, 0.15) is 6.54 Å². The molecule has 2 rings (SSSR count). The van der Waals surface area contributed by atoms with E-state index in [4.69, 9.17) is 16.9 Å². The first-order valence-electron chi connectivity index (χ1n) is 7.29. The molecule has 0 fully saturated rings. The highest BCUT2D eigenvalue weighted by atomic mass is 35.5. The van der Waals surface area contributed by atoms with Crippen LogP contribution in [0.5, 0.6) is 0 Å². The molecule has 0 aliphatic rings. The molecule has 0 bridgehead atoms. The third-order valence-electron chi connectivity index (χ3n) is 3.42. The van der Waals surface area contributed by atoms with E-state index in [1.165, 1.54) is 11.8 Å². The van der Waals surface area contributed by atoms with Crippen LogP contribution in [0.3, 0.4) is 0 Å². The number of rotatable bonds is 5. The van der Waals surface area contributed by atoms with Gasteiger partial charge in [-0.2, -0.15) is 5.26 Å². The molecule has 24 heavy (non-hydrogen) atoms. The van der Waals surface area contributed by atoms with Gasteiger partial charge in [0.25, 0.3) is 0 Å². The Balaban J connectivity index is 2.02. The van der Waals surface area contributed by atoms with Gasteiger partial charge < -0.3 is 10.2 Å². The molecule has 0 atom stereocenters. The monoisotopic (exact) mass is 341 g/mol. The fourth-order valence-corrected chi connectivity index (χ4v) is 2.34. The Morgan fingerprint density at radius 1 is 1.17 bits per heavy atom. The first-order chi connectivity index (χ1) is 11.5. The van der Waals surface area contributed by atoms with Crippen molar-refractivity contribution in [3.8, 4) is 6.07 Å². The molecule has 5 nitrogen and oxygen atoms in total. The zero-order chi connectivity index (χ0) is 17.5. The fourth-order valence-electron chi connectivity index (χ4n) is 2.14. The van der Waals surface area contributed by atoms with Gasteiger partial charge in [-0.25, -0.2) is 0 Å². The third-order valence-corrected chi connectivity index (χ3v) is 3.79. The van der Waals surface area contributed by atoms with Crippen molar-refractivity contribution in [3.05, 3.63) is 64.7 Å². The number of hydrogen-bond donors (Lipinski definition) is 1. The molecular weight excluding hydrogens is 326 g/mol. The lowest BCUT2D eigenvalue weighted by Gasteiger charge is -2.20. The molecule has 122 valence electrons. The summed E-state index contributed by atoms with van der Waals surface area (Å²) in [6, 6.07) is 15.7. The number of nitrogens with zero attached hydrogens (tertiary/aromatic N) is 2. The van der Waals surface area contributed by atoms with E-state index >= 15 is 0 Å². The second-order valence-electron chi connectivity index (χ2n) is 5.13. The number of carbonyl (C=O) groups excluding carboxylic acids is 2. The van der Waals surface area contributed by atoms with Crippen LogP contribution < -0.4 is 10.2 Å². The zero-order valence-corrected chi connectivity index (χ0v) is 13.9. The average Bonchev–Trinajstić information content (AvgIpc) is 2.59. The second-order valence-corrected chi connectivity index (χ2v) is 5.54. The Labute approximate surface area is 145 Å². The van der Waals surface area contributed by atoms with E-state index in [2.05, 4.69) is 5.32 Å². The number of amides is 2. The number of nitrogens with one attached hydrogen (secondary N) is 1. The lowest BCUT2D eigenvalue weighted by atomic mass is 10.2. The van der Waals surface area contributed by atoms with E-state index in [0.29, 0.717) is 16.3 Å². The number of hydrogen-bond acceptors (Lipinski definition) is 3. The van der Waals surface area contributed by atoms with Crippen molar-refractivity contribution in [1.82, 2.24) is 5.32 Å². The van der Waals surface area contributed by atoms with Crippen LogP contribution >= 0.6 is 11.6 Å². The Morgan fingerprint density at radius 2 is 1.83 bits per heavy atom. The van der Waals surface area contributed by atoms with Crippen molar-refractivity contribution < 1.29 is 9.59 Å². The largest absolute Gasteiger partial charge is 0.350 e. The van der Waals surface area contributed by atoms with E-state index in [1.807, 2.05) is 24.3 Å². The highest BCUT2D eigenvalue weighted by molar-refractivity contribution is 6.31. The van der Waals surface area contributed by atoms with Gasteiger partial charge in [-0.3, -0.25) is 9.59 Å². The molecule has 2 aromatic rings. The van der Waals surface area contributed by atoms with Gasteiger partial charge in [0.05, 0.1) is 11.6 Å². The Bertz CT molecular complexity index is 782. The standard InChI is InChI=1S/C18H16ClN3O2/c1-13(23)22(16-8-6-14(10-20)7-9-16)12-18(24)21-11-15-4-2-3-5-17(15)19/h2-9H,11-12H2,1H3,(H,21,24). The molecule has 0 saturated carbocycles. The number of anilines is 1. The van der Waals surface area contributed by atoms with Crippen LogP contribution in [0.25, 0.3) is 0 Å². The molecule has 0 radical (unpaired) electrons. The highest BCUT2D eigenvalue weighted by Gasteiger charge is 2.15. The van der Waals surface area contributed by atoms with Crippen molar-refractivity contribution >= 4 is 29.1 Å². The van der Waals surface area contributed by atoms with E-state index < -0.39 is 0 Å². The average molecular weight is 342 g/mol. The van der Waals surface area contributed by atoms with E-state index in [9.17, 15) is 9.59 Å². The normalized spacial score (nSPS) is 9.88. The molecule has 1 N–H and O–H groups in total. The minimum Gasteiger partial charge on any atom is -0.350 e. The van der Waals surface area contributed by atoms with Crippen LogP contribution in [0.2, 0.25) is 5.02 Å². The van der Waals surface area contributed by atoms with Crippen molar-refractivity contribution in [2.24, 2.45) is 0 Å². The lowest BCUT2D eigenvalue weighted by Crippen LogP contribution is -2.39. The van der Waals surface area contributed by atoms with Gasteiger partial charge in [0, 0.05) is 24.2 Å². The molecular formula is C18H16ClN3O2. The third kappa shape index (κ3) is 4.58. The van der Waals surface area contributed by atoms with Crippen LogP contribution in [0, 0.1) is 11.3 Å². The molecule has 2 aromatic carbocycles. The Morgan fingerprint density at radius 3 is 2.42 bits per heavy atom. The minimum atomic E-state index is -0.297. The summed E-state index contributed by atoms with van der Waals surface area (Å²) in [5, 5.41) is 12.1. The topological polar surface area (TPSA) is 73.2 Å². The first kappa shape index (κ1) is 17.5. The summed E-state index contributed by atoms with van der Waals surface area (Å²) in [5.74, 6) is -0.554. The molecule has 0 spiro atoms. The smallest absolute Gasteiger partial charge is 0.240 e.